The quantitative estimate of drug-likeness (QED) is 0.118. The molecule has 40 heavy (non-hydrogen) atoms. The second-order valence-electron chi connectivity index (χ2n) is 11.7. The summed E-state index contributed by atoms with van der Waals surface area (Å²) in [6, 6.07) is 31.1. The van der Waals surface area contributed by atoms with Crippen molar-refractivity contribution < 1.29 is 0 Å². The van der Waals surface area contributed by atoms with Crippen LogP contribution in [0.25, 0.3) is 0 Å². The predicted molar refractivity (Wildman–Crippen MR) is 174 cm³/mol. The lowest BCUT2D eigenvalue weighted by Crippen LogP contribution is -1.94. The van der Waals surface area contributed by atoms with Crippen LogP contribution in [0.15, 0.2) is 84.9 Å². The maximum absolute atomic E-state index is 5.95. The molecule has 2 heteroatoms. The van der Waals surface area contributed by atoms with Crippen molar-refractivity contribution in [2.75, 3.05) is 11.5 Å². The highest BCUT2D eigenvalue weighted by Crippen LogP contribution is 2.19. The van der Waals surface area contributed by atoms with Crippen LogP contribution >= 0.6 is 0 Å². The van der Waals surface area contributed by atoms with Crippen LogP contribution in [-0.4, -0.2) is 0 Å². The zero-order chi connectivity index (χ0) is 28.2. The second kappa shape index (κ2) is 15.3. The van der Waals surface area contributed by atoms with Crippen molar-refractivity contribution in [3.8, 4) is 0 Å². The molecule has 0 aliphatic rings. The summed E-state index contributed by atoms with van der Waals surface area (Å²) in [5.41, 5.74) is 24.3. The first kappa shape index (κ1) is 29.5. The lowest BCUT2D eigenvalue weighted by atomic mass is 9.99. The molecule has 0 aliphatic carbocycles. The van der Waals surface area contributed by atoms with E-state index in [0.29, 0.717) is 0 Å². The van der Waals surface area contributed by atoms with Gasteiger partial charge in [0.1, 0.15) is 0 Å². The molecule has 0 unspecified atom stereocenters. The minimum atomic E-state index is 0.873. The molecule has 4 rings (SSSR count). The number of nitrogen functional groups attached to an aromatic ring is 2. The molecule has 0 aromatic heterocycles. The predicted octanol–water partition coefficient (Wildman–Crippen LogP) is 9.56. The van der Waals surface area contributed by atoms with Crippen molar-refractivity contribution in [2.45, 2.75) is 90.9 Å². The number of anilines is 2. The Kier molecular flexibility index (Phi) is 11.3. The lowest BCUT2D eigenvalue weighted by Gasteiger charge is -2.07. The first-order valence-corrected chi connectivity index (χ1v) is 15.3. The van der Waals surface area contributed by atoms with Gasteiger partial charge in [-0.3, -0.25) is 0 Å². The Balaban J connectivity index is 1.02. The molecule has 0 spiro atoms. The molecule has 0 saturated carbocycles. The Bertz CT molecular complexity index is 1210. The van der Waals surface area contributed by atoms with Crippen molar-refractivity contribution in [2.24, 2.45) is 0 Å². The summed E-state index contributed by atoms with van der Waals surface area (Å²) in [6.45, 7) is 4.16. The van der Waals surface area contributed by atoms with E-state index in [-0.39, 0.29) is 0 Å². The van der Waals surface area contributed by atoms with Gasteiger partial charge >= 0.3 is 0 Å². The van der Waals surface area contributed by atoms with Gasteiger partial charge in [-0.15, -0.1) is 0 Å². The fourth-order valence-corrected chi connectivity index (χ4v) is 5.53. The molecule has 0 radical (unpaired) electrons. The molecule has 210 valence electrons. The van der Waals surface area contributed by atoms with Gasteiger partial charge in [0.25, 0.3) is 0 Å². The summed E-state index contributed by atoms with van der Waals surface area (Å²) >= 11 is 0. The Labute approximate surface area is 242 Å². The summed E-state index contributed by atoms with van der Waals surface area (Å²) < 4.78 is 0. The number of hydrogen-bond acceptors (Lipinski definition) is 2. The fraction of sp³-hybridized carbons (Fsp3) is 0.368. The van der Waals surface area contributed by atoms with Gasteiger partial charge in [0.2, 0.25) is 0 Å². The average molecular weight is 533 g/mol. The fourth-order valence-electron chi connectivity index (χ4n) is 5.53. The van der Waals surface area contributed by atoms with Crippen molar-refractivity contribution >= 4 is 11.4 Å². The van der Waals surface area contributed by atoms with Crippen LogP contribution in [0.2, 0.25) is 0 Å². The molecule has 0 bridgehead atoms. The molecule has 0 aliphatic heterocycles. The Morgan fingerprint density at radius 3 is 1.02 bits per heavy atom. The number of nitrogens with two attached hydrogens (primary N) is 2. The van der Waals surface area contributed by atoms with Crippen LogP contribution in [0.1, 0.15) is 95.9 Å². The van der Waals surface area contributed by atoms with Crippen LogP contribution in [0.4, 0.5) is 11.4 Å². The van der Waals surface area contributed by atoms with E-state index in [1.54, 1.807) is 0 Å². The van der Waals surface area contributed by atoms with E-state index in [9.17, 15) is 0 Å². The van der Waals surface area contributed by atoms with E-state index >= 15 is 0 Å². The van der Waals surface area contributed by atoms with E-state index < -0.39 is 0 Å². The van der Waals surface area contributed by atoms with E-state index in [2.05, 4.69) is 86.6 Å². The lowest BCUT2D eigenvalue weighted by molar-refractivity contribution is 0.567. The maximum atomic E-state index is 5.95. The minimum absolute atomic E-state index is 0.873. The molecule has 0 heterocycles. The van der Waals surface area contributed by atoms with Gasteiger partial charge in [0.15, 0.2) is 0 Å². The van der Waals surface area contributed by atoms with Crippen molar-refractivity contribution in [3.63, 3.8) is 0 Å². The third-order valence-electron chi connectivity index (χ3n) is 8.21. The maximum Gasteiger partial charge on any atom is 0.0343 e. The van der Waals surface area contributed by atoms with Gasteiger partial charge in [-0.2, -0.15) is 0 Å². The highest BCUT2D eigenvalue weighted by molar-refractivity contribution is 5.49. The van der Waals surface area contributed by atoms with Crippen LogP contribution in [-0.2, 0) is 25.7 Å². The van der Waals surface area contributed by atoms with Crippen molar-refractivity contribution in [1.29, 1.82) is 0 Å². The topological polar surface area (TPSA) is 52.0 Å². The van der Waals surface area contributed by atoms with Crippen molar-refractivity contribution in [1.82, 2.24) is 0 Å². The van der Waals surface area contributed by atoms with Gasteiger partial charge in [0, 0.05) is 11.4 Å². The van der Waals surface area contributed by atoms with Gasteiger partial charge in [-0.1, -0.05) is 111 Å². The highest BCUT2D eigenvalue weighted by atomic mass is 14.6. The number of benzene rings is 4. The van der Waals surface area contributed by atoms with Gasteiger partial charge in [-0.05, 0) is 109 Å². The first-order chi connectivity index (χ1) is 19.5. The molecular weight excluding hydrogens is 484 g/mol. The summed E-state index contributed by atoms with van der Waals surface area (Å²) in [5, 5.41) is 0. The van der Waals surface area contributed by atoms with Crippen molar-refractivity contribution in [3.05, 3.63) is 129 Å². The summed E-state index contributed by atoms with van der Waals surface area (Å²) in [4.78, 5) is 0. The van der Waals surface area contributed by atoms with E-state index in [1.807, 2.05) is 12.1 Å². The number of aryl methyl sites for hydroxylation is 4. The SMILES string of the molecule is Cc1cc(Cc2ccc(CCCCCCCCCCc3ccc(Cc4ccc(N)c(C)c4)cc3)cc2)ccc1N. The van der Waals surface area contributed by atoms with Crippen LogP contribution < -0.4 is 11.5 Å². The van der Waals surface area contributed by atoms with Crippen LogP contribution in [0.3, 0.4) is 0 Å². The third kappa shape index (κ3) is 9.59. The van der Waals surface area contributed by atoms with Gasteiger partial charge < -0.3 is 11.5 Å². The smallest absolute Gasteiger partial charge is 0.0343 e. The highest BCUT2D eigenvalue weighted by Gasteiger charge is 2.02. The Morgan fingerprint density at radius 2 is 0.675 bits per heavy atom. The average Bonchev–Trinajstić information content (AvgIpc) is 2.95. The normalized spacial score (nSPS) is 11.2. The molecule has 0 atom stereocenters. The molecule has 0 fully saturated rings. The summed E-state index contributed by atoms with van der Waals surface area (Å²) in [5.74, 6) is 0. The first-order valence-electron chi connectivity index (χ1n) is 15.3. The zero-order valence-electron chi connectivity index (χ0n) is 24.7. The molecule has 2 nitrogen and oxygen atoms in total. The van der Waals surface area contributed by atoms with Crippen LogP contribution in [0, 0.1) is 13.8 Å². The molecular formula is C38H48N2. The molecule has 0 saturated heterocycles. The molecule has 4 N–H and O–H groups in total. The largest absolute Gasteiger partial charge is 0.399 e. The number of unbranched alkanes of at least 4 members (excludes halogenated alkanes) is 7. The van der Waals surface area contributed by atoms with Gasteiger partial charge in [0.05, 0.1) is 0 Å². The molecule has 4 aromatic rings. The second-order valence-corrected chi connectivity index (χ2v) is 11.7. The standard InChI is InChI=1S/C38H48N2/c1-29-25-35(21-23-37(29)39)27-33-17-13-31(14-18-33)11-9-7-5-3-4-6-8-10-12-32-15-19-34(20-16-32)28-36-22-24-38(40)30(2)26-36/h13-26H,3-12,27-28,39-40H2,1-2H3. The van der Waals surface area contributed by atoms with Crippen LogP contribution in [0.5, 0.6) is 0 Å². The summed E-state index contributed by atoms with van der Waals surface area (Å²) in [7, 11) is 0. The number of hydrogen-bond donors (Lipinski definition) is 2. The van der Waals surface area contributed by atoms with E-state index in [4.69, 9.17) is 11.5 Å². The minimum Gasteiger partial charge on any atom is -0.399 e. The Morgan fingerprint density at radius 1 is 0.375 bits per heavy atom. The Hall–Kier alpha value is -3.52. The third-order valence-corrected chi connectivity index (χ3v) is 8.21. The van der Waals surface area contributed by atoms with Gasteiger partial charge in [-0.25, -0.2) is 0 Å². The monoisotopic (exact) mass is 532 g/mol. The molecule has 4 aromatic carbocycles. The zero-order valence-corrected chi connectivity index (χ0v) is 24.7. The summed E-state index contributed by atoms with van der Waals surface area (Å²) in [6.07, 6.45) is 15.1. The number of rotatable bonds is 15. The van der Waals surface area contributed by atoms with E-state index in [0.717, 1.165) is 35.3 Å². The van der Waals surface area contributed by atoms with E-state index in [1.165, 1.54) is 97.6 Å². The molecule has 0 amide bonds.